The number of halogens is 2. The van der Waals surface area contributed by atoms with Crippen LogP contribution in [0.4, 0.5) is 8.78 Å². The van der Waals surface area contributed by atoms with Crippen LogP contribution in [0, 0.1) is 0 Å². The highest BCUT2D eigenvalue weighted by Crippen LogP contribution is 2.35. The molecule has 2 rings (SSSR count). The number of alkyl halides is 2. The zero-order chi connectivity index (χ0) is 10.8. The van der Waals surface area contributed by atoms with Crippen molar-refractivity contribution in [3.63, 3.8) is 0 Å². The molecule has 3 nitrogen and oxygen atoms in total. The maximum Gasteiger partial charge on any atom is 0.387 e. The minimum absolute atomic E-state index is 0.0875. The van der Waals surface area contributed by atoms with Crippen LogP contribution < -0.4 is 9.47 Å². The van der Waals surface area contributed by atoms with Gasteiger partial charge in [0.25, 0.3) is 0 Å². The summed E-state index contributed by atoms with van der Waals surface area (Å²) in [6.07, 6.45) is 0.269. The molecule has 0 saturated carbocycles. The van der Waals surface area contributed by atoms with Gasteiger partial charge in [0.05, 0.1) is 12.2 Å². The summed E-state index contributed by atoms with van der Waals surface area (Å²) in [6.45, 7) is -2.72. The van der Waals surface area contributed by atoms with Gasteiger partial charge in [-0.05, 0) is 12.1 Å². The van der Waals surface area contributed by atoms with Gasteiger partial charge < -0.3 is 9.47 Å². The van der Waals surface area contributed by atoms with E-state index in [9.17, 15) is 13.6 Å². The summed E-state index contributed by atoms with van der Waals surface area (Å²) in [6, 6.07) is 4.38. The van der Waals surface area contributed by atoms with Crippen LogP contribution in [-0.4, -0.2) is 19.0 Å². The van der Waals surface area contributed by atoms with E-state index in [4.69, 9.17) is 4.74 Å². The summed E-state index contributed by atoms with van der Waals surface area (Å²) in [4.78, 5) is 11.4. The smallest absolute Gasteiger partial charge is 0.387 e. The third-order valence-corrected chi connectivity index (χ3v) is 2.07. The largest absolute Gasteiger partial charge is 0.488 e. The van der Waals surface area contributed by atoms with E-state index in [1.807, 2.05) is 0 Å². The number of fused-ring (bicyclic) bond motifs is 1. The lowest BCUT2D eigenvalue weighted by atomic mass is 10.0. The fraction of sp³-hybridized carbons (Fsp3) is 0.300. The van der Waals surface area contributed by atoms with Gasteiger partial charge in [0, 0.05) is 6.42 Å². The molecule has 1 aromatic rings. The van der Waals surface area contributed by atoms with Crippen molar-refractivity contribution < 1.29 is 23.0 Å². The molecule has 0 bridgehead atoms. The molecule has 0 amide bonds. The molecule has 1 heterocycles. The van der Waals surface area contributed by atoms with Gasteiger partial charge in [0.2, 0.25) is 0 Å². The van der Waals surface area contributed by atoms with Crippen molar-refractivity contribution in [3.05, 3.63) is 23.8 Å². The molecule has 0 radical (unpaired) electrons. The van der Waals surface area contributed by atoms with E-state index in [0.29, 0.717) is 5.56 Å². The molecular weight excluding hydrogens is 206 g/mol. The monoisotopic (exact) mass is 214 g/mol. The van der Waals surface area contributed by atoms with Crippen LogP contribution in [0.2, 0.25) is 0 Å². The lowest BCUT2D eigenvalue weighted by molar-refractivity contribution is -0.0516. The highest BCUT2D eigenvalue weighted by molar-refractivity contribution is 6.00. The topological polar surface area (TPSA) is 35.5 Å². The summed E-state index contributed by atoms with van der Waals surface area (Å²) in [5.41, 5.74) is 0.305. The van der Waals surface area contributed by atoms with Gasteiger partial charge in [-0.1, -0.05) is 6.07 Å². The van der Waals surface area contributed by atoms with Crippen molar-refractivity contribution >= 4 is 5.78 Å². The van der Waals surface area contributed by atoms with E-state index in [2.05, 4.69) is 4.74 Å². The number of hydrogen-bond acceptors (Lipinski definition) is 3. The van der Waals surface area contributed by atoms with Gasteiger partial charge in [-0.25, -0.2) is 0 Å². The van der Waals surface area contributed by atoms with E-state index in [0.717, 1.165) is 0 Å². The molecule has 1 aromatic carbocycles. The second-order valence-corrected chi connectivity index (χ2v) is 3.03. The number of ether oxygens (including phenoxy) is 2. The number of benzene rings is 1. The van der Waals surface area contributed by atoms with E-state index in [-0.39, 0.29) is 30.3 Å². The van der Waals surface area contributed by atoms with Crippen LogP contribution in [0.25, 0.3) is 0 Å². The zero-order valence-electron chi connectivity index (χ0n) is 7.70. The quantitative estimate of drug-likeness (QED) is 0.757. The molecule has 1 aliphatic rings. The lowest BCUT2D eigenvalue weighted by Gasteiger charge is -2.18. The van der Waals surface area contributed by atoms with Gasteiger partial charge in [-0.2, -0.15) is 8.78 Å². The van der Waals surface area contributed by atoms with Crippen molar-refractivity contribution in [2.45, 2.75) is 13.0 Å². The van der Waals surface area contributed by atoms with Gasteiger partial charge in [-0.15, -0.1) is 0 Å². The highest BCUT2D eigenvalue weighted by atomic mass is 19.3. The van der Waals surface area contributed by atoms with Gasteiger partial charge >= 0.3 is 6.61 Å². The second-order valence-electron chi connectivity index (χ2n) is 3.03. The molecule has 0 atom stereocenters. The molecule has 0 fully saturated rings. The van der Waals surface area contributed by atoms with Crippen molar-refractivity contribution in [1.29, 1.82) is 0 Å². The fourth-order valence-corrected chi connectivity index (χ4v) is 1.45. The average molecular weight is 214 g/mol. The van der Waals surface area contributed by atoms with Crippen molar-refractivity contribution in [3.8, 4) is 11.5 Å². The molecule has 1 aliphatic heterocycles. The van der Waals surface area contributed by atoms with Crippen LogP contribution in [0.15, 0.2) is 18.2 Å². The zero-order valence-corrected chi connectivity index (χ0v) is 7.70. The normalized spacial score (nSPS) is 14.7. The van der Waals surface area contributed by atoms with Crippen LogP contribution in [-0.2, 0) is 0 Å². The Bertz CT molecular complexity index is 390. The van der Waals surface area contributed by atoms with Crippen molar-refractivity contribution in [2.75, 3.05) is 6.61 Å². The molecule has 0 spiro atoms. The minimum Gasteiger partial charge on any atom is -0.488 e. The third kappa shape index (κ3) is 1.91. The summed E-state index contributed by atoms with van der Waals surface area (Å²) < 4.78 is 33.4. The first-order valence-corrected chi connectivity index (χ1v) is 4.42. The first-order valence-electron chi connectivity index (χ1n) is 4.42. The molecule has 15 heavy (non-hydrogen) atoms. The predicted molar refractivity (Wildman–Crippen MR) is 47.5 cm³/mol. The van der Waals surface area contributed by atoms with Gasteiger partial charge in [0.15, 0.2) is 17.3 Å². The Morgan fingerprint density at radius 2 is 2.20 bits per heavy atom. The number of para-hydroxylation sites is 1. The minimum atomic E-state index is -2.92. The molecule has 0 aliphatic carbocycles. The summed E-state index contributed by atoms with van der Waals surface area (Å²) in [5, 5.41) is 0. The van der Waals surface area contributed by atoms with E-state index in [1.54, 1.807) is 0 Å². The van der Waals surface area contributed by atoms with Crippen molar-refractivity contribution in [1.82, 2.24) is 0 Å². The van der Waals surface area contributed by atoms with E-state index >= 15 is 0 Å². The fourth-order valence-electron chi connectivity index (χ4n) is 1.45. The highest BCUT2D eigenvalue weighted by Gasteiger charge is 2.23. The summed E-state index contributed by atoms with van der Waals surface area (Å²) >= 11 is 0. The maximum absolute atomic E-state index is 12.0. The second kappa shape index (κ2) is 3.84. The number of carbonyl (C=O) groups excluding carboxylic acids is 1. The molecule has 0 saturated heterocycles. The number of carbonyl (C=O) groups is 1. The van der Waals surface area contributed by atoms with Crippen LogP contribution in [0.3, 0.4) is 0 Å². The van der Waals surface area contributed by atoms with E-state index in [1.165, 1.54) is 18.2 Å². The molecule has 0 N–H and O–H groups in total. The summed E-state index contributed by atoms with van der Waals surface area (Å²) in [5.74, 6) is -0.0828. The van der Waals surface area contributed by atoms with Gasteiger partial charge in [-0.3, -0.25) is 4.79 Å². The predicted octanol–water partition coefficient (Wildman–Crippen LogP) is 2.25. The first-order chi connectivity index (χ1) is 7.18. The third-order valence-electron chi connectivity index (χ3n) is 2.07. The number of hydrogen-bond donors (Lipinski definition) is 0. The first kappa shape index (κ1) is 9.89. The standard InChI is InChI=1S/C10H8F2O3/c11-10(12)15-8-3-1-2-6-7(13)4-5-14-9(6)8/h1-3,10H,4-5H2. The average Bonchev–Trinajstić information content (AvgIpc) is 2.19. The Labute approximate surface area is 84.6 Å². The molecular formula is C10H8F2O3. The Kier molecular flexibility index (Phi) is 2.53. The Morgan fingerprint density at radius 3 is 2.93 bits per heavy atom. The molecule has 0 aromatic heterocycles. The van der Waals surface area contributed by atoms with E-state index < -0.39 is 6.61 Å². The Morgan fingerprint density at radius 1 is 1.40 bits per heavy atom. The van der Waals surface area contributed by atoms with Gasteiger partial charge in [0.1, 0.15) is 0 Å². The number of Topliss-reactive ketones (excluding diaryl/α,β-unsaturated/α-hetero) is 1. The maximum atomic E-state index is 12.0. The van der Waals surface area contributed by atoms with Crippen LogP contribution in [0.5, 0.6) is 11.5 Å². The number of ketones is 1. The van der Waals surface area contributed by atoms with Crippen molar-refractivity contribution in [2.24, 2.45) is 0 Å². The summed E-state index contributed by atoms with van der Waals surface area (Å²) in [7, 11) is 0. The SMILES string of the molecule is O=C1CCOc2c(OC(F)F)cccc21. The molecule has 5 heteroatoms. The Balaban J connectivity index is 2.40. The van der Waals surface area contributed by atoms with Crippen LogP contribution >= 0.6 is 0 Å². The molecule has 0 unspecified atom stereocenters. The Hall–Kier alpha value is -1.65. The lowest BCUT2D eigenvalue weighted by Crippen LogP contribution is -2.16. The molecule has 80 valence electrons. The number of rotatable bonds is 2. The van der Waals surface area contributed by atoms with Crippen LogP contribution in [0.1, 0.15) is 16.8 Å².